The largest absolute Gasteiger partial charge is 0.375 e. The molecule has 9 heteroatoms. The van der Waals surface area contributed by atoms with E-state index in [0.29, 0.717) is 19.7 Å². The number of benzene rings is 1. The average Bonchev–Trinajstić information content (AvgIpc) is 3.35. The number of carbonyl (C=O) groups is 1. The maximum atomic E-state index is 12.8. The summed E-state index contributed by atoms with van der Waals surface area (Å²) in [6.45, 7) is 6.25. The van der Waals surface area contributed by atoms with Crippen LogP contribution in [0.1, 0.15) is 12.8 Å². The molecule has 1 N–H and O–H groups in total. The summed E-state index contributed by atoms with van der Waals surface area (Å²) in [5.74, 6) is 0.847. The highest BCUT2D eigenvalue weighted by Crippen LogP contribution is 2.21. The van der Waals surface area contributed by atoms with Gasteiger partial charge >= 0.3 is 0 Å². The Morgan fingerprint density at radius 1 is 1.06 bits per heavy atom. The molecule has 0 aliphatic carbocycles. The second kappa shape index (κ2) is 10.5. The van der Waals surface area contributed by atoms with Gasteiger partial charge in [-0.1, -0.05) is 11.6 Å². The van der Waals surface area contributed by atoms with Crippen molar-refractivity contribution in [3.8, 4) is 0 Å². The van der Waals surface area contributed by atoms with Crippen LogP contribution in [0.2, 0.25) is 5.02 Å². The van der Waals surface area contributed by atoms with Gasteiger partial charge in [-0.15, -0.1) is 0 Å². The van der Waals surface area contributed by atoms with Crippen LogP contribution in [0.4, 0.5) is 5.69 Å². The van der Waals surface area contributed by atoms with E-state index in [-0.39, 0.29) is 24.7 Å². The summed E-state index contributed by atoms with van der Waals surface area (Å²) >= 11 is 5.98. The molecule has 0 bridgehead atoms. The number of rotatable bonds is 4. The first-order valence-corrected chi connectivity index (χ1v) is 11.5. The summed E-state index contributed by atoms with van der Waals surface area (Å²) in [4.78, 5) is 23.5. The standard InChI is InChI=1S/C22H32ClN5O3/c1-24-22(28-12-14-31-20(16-28)19-3-2-13-30-19)25-15-21(29)27-10-8-26(9-11-27)18-6-4-17(23)5-7-18/h4-7,19-20H,2-3,8-16H2,1H3,(H,24,25). The lowest BCUT2D eigenvalue weighted by Gasteiger charge is -2.38. The summed E-state index contributed by atoms with van der Waals surface area (Å²) in [7, 11) is 1.76. The molecule has 3 heterocycles. The van der Waals surface area contributed by atoms with Gasteiger partial charge in [-0.25, -0.2) is 0 Å². The van der Waals surface area contributed by atoms with E-state index in [4.69, 9.17) is 21.1 Å². The van der Waals surface area contributed by atoms with Crippen LogP contribution in [-0.4, -0.2) is 99.9 Å². The summed E-state index contributed by atoms with van der Waals surface area (Å²) in [5, 5.41) is 3.99. The van der Waals surface area contributed by atoms with Crippen LogP contribution in [-0.2, 0) is 14.3 Å². The number of carbonyl (C=O) groups excluding carboxylic acids is 1. The van der Waals surface area contributed by atoms with Crippen LogP contribution >= 0.6 is 11.6 Å². The van der Waals surface area contributed by atoms with E-state index < -0.39 is 0 Å². The Labute approximate surface area is 189 Å². The fraction of sp³-hybridized carbons (Fsp3) is 0.636. The van der Waals surface area contributed by atoms with Crippen molar-refractivity contribution in [2.24, 2.45) is 4.99 Å². The molecule has 31 heavy (non-hydrogen) atoms. The van der Waals surface area contributed by atoms with Crippen molar-refractivity contribution in [1.82, 2.24) is 15.1 Å². The zero-order valence-corrected chi connectivity index (χ0v) is 18.9. The molecule has 2 atom stereocenters. The quantitative estimate of drug-likeness (QED) is 0.554. The van der Waals surface area contributed by atoms with Crippen molar-refractivity contribution in [3.05, 3.63) is 29.3 Å². The number of nitrogens with one attached hydrogen (secondary N) is 1. The molecule has 170 valence electrons. The Bertz CT molecular complexity index is 761. The monoisotopic (exact) mass is 449 g/mol. The van der Waals surface area contributed by atoms with E-state index >= 15 is 0 Å². The Morgan fingerprint density at radius 2 is 1.81 bits per heavy atom. The number of halogens is 1. The number of guanidine groups is 1. The number of aliphatic imine (C=N–C) groups is 1. The second-order valence-corrected chi connectivity index (χ2v) is 8.59. The zero-order chi connectivity index (χ0) is 21.6. The van der Waals surface area contributed by atoms with Crippen LogP contribution in [0.15, 0.2) is 29.3 Å². The molecule has 3 aliphatic heterocycles. The lowest BCUT2D eigenvalue weighted by molar-refractivity contribution is -0.130. The van der Waals surface area contributed by atoms with Gasteiger partial charge in [0.2, 0.25) is 5.91 Å². The van der Waals surface area contributed by atoms with E-state index in [2.05, 4.69) is 20.1 Å². The van der Waals surface area contributed by atoms with Crippen LogP contribution in [0.25, 0.3) is 0 Å². The lowest BCUT2D eigenvalue weighted by atomic mass is 10.1. The Balaban J connectivity index is 1.23. The van der Waals surface area contributed by atoms with Crippen molar-refractivity contribution < 1.29 is 14.3 Å². The van der Waals surface area contributed by atoms with Gasteiger partial charge in [0.05, 0.1) is 19.3 Å². The number of ether oxygens (including phenoxy) is 2. The van der Waals surface area contributed by atoms with E-state index in [9.17, 15) is 4.79 Å². The van der Waals surface area contributed by atoms with Crippen LogP contribution in [0, 0.1) is 0 Å². The fourth-order valence-corrected chi connectivity index (χ4v) is 4.58. The van der Waals surface area contributed by atoms with Crippen LogP contribution in [0.5, 0.6) is 0 Å². The molecule has 1 amide bonds. The van der Waals surface area contributed by atoms with Crippen molar-refractivity contribution >= 4 is 29.2 Å². The average molecular weight is 450 g/mol. The third-order valence-corrected chi connectivity index (χ3v) is 6.46. The number of nitrogens with zero attached hydrogens (tertiary/aromatic N) is 4. The first kappa shape index (κ1) is 22.2. The van der Waals surface area contributed by atoms with Gasteiger partial charge in [-0.3, -0.25) is 9.79 Å². The van der Waals surface area contributed by atoms with Gasteiger partial charge in [0.1, 0.15) is 6.10 Å². The Kier molecular flexibility index (Phi) is 7.53. The van der Waals surface area contributed by atoms with E-state index in [0.717, 1.165) is 62.3 Å². The highest BCUT2D eigenvalue weighted by molar-refractivity contribution is 6.30. The molecule has 3 aliphatic rings. The van der Waals surface area contributed by atoms with Gasteiger partial charge in [-0.05, 0) is 37.1 Å². The highest BCUT2D eigenvalue weighted by Gasteiger charge is 2.32. The summed E-state index contributed by atoms with van der Waals surface area (Å²) in [6, 6.07) is 7.85. The molecule has 0 aromatic heterocycles. The molecule has 4 rings (SSSR count). The molecule has 3 fully saturated rings. The third-order valence-electron chi connectivity index (χ3n) is 6.21. The van der Waals surface area contributed by atoms with Gasteiger partial charge in [0.15, 0.2) is 5.96 Å². The van der Waals surface area contributed by atoms with Crippen LogP contribution < -0.4 is 10.2 Å². The fourth-order valence-electron chi connectivity index (χ4n) is 4.45. The highest BCUT2D eigenvalue weighted by atomic mass is 35.5. The van der Waals surface area contributed by atoms with Crippen molar-refractivity contribution in [2.75, 3.05) is 71.0 Å². The summed E-state index contributed by atoms with van der Waals surface area (Å²) in [5.41, 5.74) is 1.14. The lowest BCUT2D eigenvalue weighted by Crippen LogP contribution is -2.55. The summed E-state index contributed by atoms with van der Waals surface area (Å²) in [6.07, 6.45) is 2.37. The molecule has 0 radical (unpaired) electrons. The van der Waals surface area contributed by atoms with E-state index in [1.165, 1.54) is 0 Å². The smallest absolute Gasteiger partial charge is 0.242 e. The number of hydrogen-bond donors (Lipinski definition) is 1. The van der Waals surface area contributed by atoms with E-state index in [1.807, 2.05) is 29.2 Å². The number of morpholine rings is 1. The van der Waals surface area contributed by atoms with Crippen molar-refractivity contribution in [3.63, 3.8) is 0 Å². The Hall–Kier alpha value is -2.03. The topological polar surface area (TPSA) is 69.6 Å². The minimum atomic E-state index is 0.0615. The van der Waals surface area contributed by atoms with Crippen LogP contribution in [0.3, 0.4) is 0 Å². The van der Waals surface area contributed by atoms with Gasteiger partial charge < -0.3 is 29.5 Å². The first-order chi connectivity index (χ1) is 15.1. The minimum Gasteiger partial charge on any atom is -0.375 e. The van der Waals surface area contributed by atoms with Gasteiger partial charge in [0.25, 0.3) is 0 Å². The van der Waals surface area contributed by atoms with Gasteiger partial charge in [0, 0.05) is 63.6 Å². The third kappa shape index (κ3) is 5.61. The van der Waals surface area contributed by atoms with Crippen molar-refractivity contribution in [2.45, 2.75) is 25.0 Å². The number of piperazine rings is 1. The molecule has 1 aromatic rings. The normalized spacial score (nSPS) is 25.1. The maximum Gasteiger partial charge on any atom is 0.242 e. The SMILES string of the molecule is CN=C(NCC(=O)N1CCN(c2ccc(Cl)cc2)CC1)N1CCOC(C2CCCO2)C1. The molecule has 2 unspecified atom stereocenters. The number of anilines is 1. The second-order valence-electron chi connectivity index (χ2n) is 8.15. The molecule has 0 spiro atoms. The molecular weight excluding hydrogens is 418 g/mol. The minimum absolute atomic E-state index is 0.0615. The summed E-state index contributed by atoms with van der Waals surface area (Å²) < 4.78 is 11.7. The zero-order valence-electron chi connectivity index (χ0n) is 18.1. The molecule has 3 saturated heterocycles. The van der Waals surface area contributed by atoms with Gasteiger partial charge in [-0.2, -0.15) is 0 Å². The Morgan fingerprint density at radius 3 is 2.48 bits per heavy atom. The molecule has 0 saturated carbocycles. The van der Waals surface area contributed by atoms with Crippen molar-refractivity contribution in [1.29, 1.82) is 0 Å². The first-order valence-electron chi connectivity index (χ1n) is 11.1. The number of amides is 1. The number of hydrogen-bond acceptors (Lipinski definition) is 5. The molecule has 1 aromatic carbocycles. The predicted octanol–water partition coefficient (Wildman–Crippen LogP) is 1.44. The van der Waals surface area contributed by atoms with E-state index in [1.54, 1.807) is 7.05 Å². The molecular formula is C22H32ClN5O3. The molecule has 8 nitrogen and oxygen atoms in total. The predicted molar refractivity (Wildman–Crippen MR) is 122 cm³/mol. The maximum absolute atomic E-state index is 12.8.